The molecular weight excluding hydrogens is 190 g/mol. The van der Waals surface area contributed by atoms with Gasteiger partial charge in [-0.05, 0) is 13.0 Å². The summed E-state index contributed by atoms with van der Waals surface area (Å²) < 4.78 is 5.49. The molecule has 0 saturated heterocycles. The van der Waals surface area contributed by atoms with Crippen molar-refractivity contribution in [2.45, 2.75) is 26.0 Å². The molecule has 0 amide bonds. The molecule has 0 aliphatic heterocycles. The monoisotopic (exact) mass is 209 g/mol. The Kier molecular flexibility index (Phi) is 4.65. The van der Waals surface area contributed by atoms with Crippen LogP contribution in [0.5, 0.6) is 0 Å². The molecule has 4 nitrogen and oxygen atoms in total. The summed E-state index contributed by atoms with van der Waals surface area (Å²) >= 11 is 0. The first-order chi connectivity index (χ1) is 7.20. The van der Waals surface area contributed by atoms with Gasteiger partial charge in [-0.25, -0.2) is 0 Å². The number of nitrogens with zero attached hydrogens (tertiary/aromatic N) is 2. The minimum Gasteiger partial charge on any atom is -0.379 e. The highest BCUT2D eigenvalue weighted by Gasteiger charge is 2.25. The molecule has 0 bridgehead atoms. The zero-order valence-corrected chi connectivity index (χ0v) is 9.77. The first-order valence-corrected chi connectivity index (χ1v) is 5.16. The lowest BCUT2D eigenvalue weighted by atomic mass is 9.97. The summed E-state index contributed by atoms with van der Waals surface area (Å²) in [4.78, 5) is 8.37. The van der Waals surface area contributed by atoms with E-state index in [-0.39, 0.29) is 12.1 Å². The minimum absolute atomic E-state index is 0.0868. The Morgan fingerprint density at radius 1 is 1.33 bits per heavy atom. The van der Waals surface area contributed by atoms with Crippen LogP contribution in [-0.2, 0) is 4.74 Å². The topological polar surface area (TPSA) is 47.0 Å². The maximum absolute atomic E-state index is 5.49. The van der Waals surface area contributed by atoms with Gasteiger partial charge in [0.2, 0.25) is 0 Å². The zero-order chi connectivity index (χ0) is 11.3. The third-order valence-corrected chi connectivity index (χ3v) is 2.47. The second-order valence-electron chi connectivity index (χ2n) is 3.84. The number of nitrogens with one attached hydrogen (secondary N) is 1. The molecule has 2 atom stereocenters. The average molecular weight is 209 g/mol. The maximum atomic E-state index is 5.49. The fourth-order valence-electron chi connectivity index (χ4n) is 1.74. The lowest BCUT2D eigenvalue weighted by Crippen LogP contribution is -2.35. The van der Waals surface area contributed by atoms with E-state index in [0.29, 0.717) is 5.92 Å². The quantitative estimate of drug-likeness (QED) is 0.796. The lowest BCUT2D eigenvalue weighted by molar-refractivity contribution is 0.0335. The SMILES string of the molecule is CNC(c1cnccn1)C(OC)C(C)C. The summed E-state index contributed by atoms with van der Waals surface area (Å²) in [7, 11) is 3.64. The number of rotatable bonds is 5. The Hall–Kier alpha value is -1.00. The van der Waals surface area contributed by atoms with Crippen LogP contribution >= 0.6 is 0 Å². The van der Waals surface area contributed by atoms with Crippen molar-refractivity contribution in [2.24, 2.45) is 5.92 Å². The molecule has 0 aliphatic carbocycles. The smallest absolute Gasteiger partial charge is 0.0804 e. The van der Waals surface area contributed by atoms with Crippen LogP contribution < -0.4 is 5.32 Å². The summed E-state index contributed by atoms with van der Waals surface area (Å²) in [5.74, 6) is 0.425. The van der Waals surface area contributed by atoms with Crippen LogP contribution in [0.4, 0.5) is 0 Å². The van der Waals surface area contributed by atoms with Gasteiger partial charge in [-0.2, -0.15) is 0 Å². The molecule has 0 fully saturated rings. The van der Waals surface area contributed by atoms with Crippen molar-refractivity contribution in [3.8, 4) is 0 Å². The zero-order valence-electron chi connectivity index (χ0n) is 9.77. The van der Waals surface area contributed by atoms with Gasteiger partial charge in [0.05, 0.1) is 24.0 Å². The van der Waals surface area contributed by atoms with E-state index in [1.54, 1.807) is 25.7 Å². The van der Waals surface area contributed by atoms with E-state index in [2.05, 4.69) is 29.1 Å². The predicted molar refractivity (Wildman–Crippen MR) is 59.5 cm³/mol. The molecule has 0 aliphatic rings. The minimum atomic E-state index is 0.0868. The first kappa shape index (κ1) is 12.1. The number of hydrogen-bond donors (Lipinski definition) is 1. The molecule has 1 N–H and O–H groups in total. The normalized spacial score (nSPS) is 15.3. The van der Waals surface area contributed by atoms with E-state index in [4.69, 9.17) is 4.74 Å². The van der Waals surface area contributed by atoms with Gasteiger partial charge in [0, 0.05) is 19.5 Å². The number of ether oxygens (including phenoxy) is 1. The summed E-state index contributed by atoms with van der Waals surface area (Å²) in [6.45, 7) is 4.27. The number of likely N-dealkylation sites (N-methyl/N-ethyl adjacent to an activating group) is 1. The molecule has 2 unspecified atom stereocenters. The summed E-state index contributed by atoms with van der Waals surface area (Å²) in [6, 6.07) is 0.0868. The number of methoxy groups -OCH3 is 1. The Morgan fingerprint density at radius 2 is 2.07 bits per heavy atom. The van der Waals surface area contributed by atoms with Crippen LogP contribution in [0, 0.1) is 5.92 Å². The van der Waals surface area contributed by atoms with Gasteiger partial charge in [0.15, 0.2) is 0 Å². The van der Waals surface area contributed by atoms with Crippen molar-refractivity contribution in [1.82, 2.24) is 15.3 Å². The van der Waals surface area contributed by atoms with Crippen molar-refractivity contribution in [3.05, 3.63) is 24.3 Å². The van der Waals surface area contributed by atoms with Gasteiger partial charge in [-0.15, -0.1) is 0 Å². The number of hydrogen-bond acceptors (Lipinski definition) is 4. The van der Waals surface area contributed by atoms with E-state index in [0.717, 1.165) is 5.69 Å². The van der Waals surface area contributed by atoms with E-state index in [1.165, 1.54) is 0 Å². The summed E-state index contributed by atoms with van der Waals surface area (Å²) in [5.41, 5.74) is 0.917. The molecule has 0 saturated carbocycles. The van der Waals surface area contributed by atoms with Gasteiger partial charge in [0.1, 0.15) is 0 Å². The van der Waals surface area contributed by atoms with Crippen molar-refractivity contribution in [3.63, 3.8) is 0 Å². The van der Waals surface area contributed by atoms with Crippen molar-refractivity contribution in [1.29, 1.82) is 0 Å². The summed E-state index contributed by atoms with van der Waals surface area (Å²) in [5, 5.41) is 3.22. The van der Waals surface area contributed by atoms with E-state index in [1.807, 2.05) is 7.05 Å². The molecule has 15 heavy (non-hydrogen) atoms. The predicted octanol–water partition coefficient (Wildman–Crippen LogP) is 1.41. The highest BCUT2D eigenvalue weighted by molar-refractivity contribution is 5.05. The van der Waals surface area contributed by atoms with Gasteiger partial charge >= 0.3 is 0 Å². The molecule has 1 aromatic heterocycles. The third-order valence-electron chi connectivity index (χ3n) is 2.47. The van der Waals surface area contributed by atoms with Crippen molar-refractivity contribution >= 4 is 0 Å². The second-order valence-corrected chi connectivity index (χ2v) is 3.84. The van der Waals surface area contributed by atoms with Crippen LogP contribution in [0.25, 0.3) is 0 Å². The van der Waals surface area contributed by atoms with E-state index >= 15 is 0 Å². The van der Waals surface area contributed by atoms with Crippen molar-refractivity contribution < 1.29 is 4.74 Å². The molecule has 1 rings (SSSR count). The number of aromatic nitrogens is 2. The van der Waals surface area contributed by atoms with Gasteiger partial charge < -0.3 is 10.1 Å². The Bertz CT molecular complexity index is 276. The summed E-state index contributed by atoms with van der Waals surface area (Å²) in [6.07, 6.45) is 5.25. The molecule has 1 aromatic rings. The van der Waals surface area contributed by atoms with Crippen molar-refractivity contribution in [2.75, 3.05) is 14.2 Å². The molecular formula is C11H19N3O. The molecule has 0 radical (unpaired) electrons. The Labute approximate surface area is 91.1 Å². The van der Waals surface area contributed by atoms with Gasteiger partial charge in [0.25, 0.3) is 0 Å². The lowest BCUT2D eigenvalue weighted by Gasteiger charge is -2.27. The molecule has 0 aromatic carbocycles. The fourth-order valence-corrected chi connectivity index (χ4v) is 1.74. The van der Waals surface area contributed by atoms with Crippen LogP contribution in [0.1, 0.15) is 25.6 Å². The maximum Gasteiger partial charge on any atom is 0.0804 e. The Balaban J connectivity index is 2.87. The van der Waals surface area contributed by atoms with Crippen LogP contribution in [0.3, 0.4) is 0 Å². The molecule has 1 heterocycles. The van der Waals surface area contributed by atoms with Gasteiger partial charge in [-0.1, -0.05) is 13.8 Å². The van der Waals surface area contributed by atoms with E-state index < -0.39 is 0 Å². The Morgan fingerprint density at radius 3 is 2.47 bits per heavy atom. The van der Waals surface area contributed by atoms with Crippen LogP contribution in [-0.4, -0.2) is 30.2 Å². The standard InChI is InChI=1S/C11H19N3O/c1-8(2)11(15-4)10(12-3)9-7-13-5-6-14-9/h5-8,10-12H,1-4H3. The third kappa shape index (κ3) is 2.97. The largest absolute Gasteiger partial charge is 0.379 e. The van der Waals surface area contributed by atoms with Gasteiger partial charge in [-0.3, -0.25) is 9.97 Å². The van der Waals surface area contributed by atoms with E-state index in [9.17, 15) is 0 Å². The highest BCUT2D eigenvalue weighted by atomic mass is 16.5. The van der Waals surface area contributed by atoms with Crippen LogP contribution in [0.15, 0.2) is 18.6 Å². The van der Waals surface area contributed by atoms with Crippen LogP contribution in [0.2, 0.25) is 0 Å². The molecule has 4 heteroatoms. The molecule has 0 spiro atoms. The second kappa shape index (κ2) is 5.78. The first-order valence-electron chi connectivity index (χ1n) is 5.16. The highest BCUT2D eigenvalue weighted by Crippen LogP contribution is 2.21. The average Bonchev–Trinajstić information content (AvgIpc) is 2.26. The molecule has 84 valence electrons. The fraction of sp³-hybridized carbons (Fsp3) is 0.636.